The number of halogens is 2. The van der Waals surface area contributed by atoms with Gasteiger partial charge in [-0.25, -0.2) is 9.59 Å². The molecule has 0 aliphatic heterocycles. The molecule has 0 aliphatic carbocycles. The minimum atomic E-state index is -0.675. The van der Waals surface area contributed by atoms with Crippen molar-refractivity contribution in [2.24, 2.45) is 0 Å². The highest BCUT2D eigenvalue weighted by Gasteiger charge is 2.16. The summed E-state index contributed by atoms with van der Waals surface area (Å²) in [6, 6.07) is 11.0. The standard InChI is InChI=1S/C20H20BrClN2O5/c1-20(2,3)29-19(27)23-14-7-4-12(5-8-14)18(26)28-11-17(25)24-16-9-6-13(21)10-15(16)22/h4-10H,11H2,1-3H3,(H,23,27)(H,24,25). The summed E-state index contributed by atoms with van der Waals surface area (Å²) in [6.45, 7) is 4.80. The first-order valence-electron chi connectivity index (χ1n) is 8.55. The Balaban J connectivity index is 1.85. The first kappa shape index (κ1) is 22.7. The van der Waals surface area contributed by atoms with Crippen molar-refractivity contribution in [3.05, 3.63) is 57.5 Å². The molecule has 0 radical (unpaired) electrons. The molecule has 0 aromatic heterocycles. The number of amides is 2. The Labute approximate surface area is 181 Å². The zero-order chi connectivity index (χ0) is 21.6. The number of nitrogens with one attached hydrogen (secondary N) is 2. The molecule has 2 aromatic rings. The van der Waals surface area contributed by atoms with Crippen molar-refractivity contribution in [2.75, 3.05) is 17.2 Å². The SMILES string of the molecule is CC(C)(C)OC(=O)Nc1ccc(C(=O)OCC(=O)Nc2ccc(Br)cc2Cl)cc1. The van der Waals surface area contributed by atoms with Gasteiger partial charge in [0.25, 0.3) is 5.91 Å². The molecule has 2 amide bonds. The highest BCUT2D eigenvalue weighted by molar-refractivity contribution is 9.10. The molecule has 29 heavy (non-hydrogen) atoms. The minimum absolute atomic E-state index is 0.231. The van der Waals surface area contributed by atoms with Gasteiger partial charge in [-0.3, -0.25) is 10.1 Å². The van der Waals surface area contributed by atoms with Gasteiger partial charge in [-0.15, -0.1) is 0 Å². The number of ether oxygens (including phenoxy) is 2. The molecule has 2 N–H and O–H groups in total. The summed E-state index contributed by atoms with van der Waals surface area (Å²) >= 11 is 9.30. The van der Waals surface area contributed by atoms with E-state index in [1.165, 1.54) is 24.3 Å². The highest BCUT2D eigenvalue weighted by atomic mass is 79.9. The summed E-state index contributed by atoms with van der Waals surface area (Å²) in [4.78, 5) is 35.8. The highest BCUT2D eigenvalue weighted by Crippen LogP contribution is 2.25. The largest absolute Gasteiger partial charge is 0.452 e. The molecule has 0 heterocycles. The van der Waals surface area contributed by atoms with Crippen LogP contribution in [0.3, 0.4) is 0 Å². The smallest absolute Gasteiger partial charge is 0.412 e. The van der Waals surface area contributed by atoms with E-state index < -0.39 is 30.2 Å². The van der Waals surface area contributed by atoms with Crippen LogP contribution in [0.15, 0.2) is 46.9 Å². The number of carbonyl (C=O) groups is 3. The normalized spacial score (nSPS) is 10.8. The Kier molecular flexibility index (Phi) is 7.64. The maximum Gasteiger partial charge on any atom is 0.412 e. The molecule has 0 fully saturated rings. The van der Waals surface area contributed by atoms with Gasteiger partial charge >= 0.3 is 12.1 Å². The summed E-state index contributed by atoms with van der Waals surface area (Å²) in [5, 5.41) is 5.48. The molecule has 2 aromatic carbocycles. The lowest BCUT2D eigenvalue weighted by Crippen LogP contribution is -2.27. The average molecular weight is 484 g/mol. The van der Waals surface area contributed by atoms with E-state index >= 15 is 0 Å². The average Bonchev–Trinajstić information content (AvgIpc) is 2.61. The summed E-state index contributed by atoms with van der Waals surface area (Å²) in [7, 11) is 0. The van der Waals surface area contributed by atoms with Crippen LogP contribution >= 0.6 is 27.5 Å². The van der Waals surface area contributed by atoms with E-state index in [1.807, 2.05) is 0 Å². The van der Waals surface area contributed by atoms with Gasteiger partial charge in [-0.05, 0) is 63.2 Å². The van der Waals surface area contributed by atoms with Crippen LogP contribution in [0, 0.1) is 0 Å². The van der Waals surface area contributed by atoms with Gasteiger partial charge in [0.15, 0.2) is 6.61 Å². The Bertz CT molecular complexity index is 910. The molecular weight excluding hydrogens is 464 g/mol. The Morgan fingerprint density at radius 2 is 1.69 bits per heavy atom. The van der Waals surface area contributed by atoms with E-state index in [4.69, 9.17) is 21.1 Å². The third kappa shape index (κ3) is 7.75. The summed E-state index contributed by atoms with van der Waals surface area (Å²) in [6.07, 6.45) is -0.601. The first-order valence-corrected chi connectivity index (χ1v) is 9.73. The van der Waals surface area contributed by atoms with Crippen LogP contribution in [0.4, 0.5) is 16.2 Å². The second kappa shape index (κ2) is 9.76. The van der Waals surface area contributed by atoms with Gasteiger partial charge in [0, 0.05) is 10.2 Å². The summed E-state index contributed by atoms with van der Waals surface area (Å²) < 4.78 is 10.9. The van der Waals surface area contributed by atoms with Gasteiger partial charge in [0.2, 0.25) is 0 Å². The number of hydrogen-bond acceptors (Lipinski definition) is 5. The van der Waals surface area contributed by atoms with Crippen molar-refractivity contribution in [2.45, 2.75) is 26.4 Å². The fourth-order valence-electron chi connectivity index (χ4n) is 2.10. The second-order valence-corrected chi connectivity index (χ2v) is 8.28. The van der Waals surface area contributed by atoms with E-state index in [9.17, 15) is 14.4 Å². The topological polar surface area (TPSA) is 93.7 Å². The Morgan fingerprint density at radius 1 is 1.03 bits per heavy atom. The predicted molar refractivity (Wildman–Crippen MR) is 114 cm³/mol. The molecule has 9 heteroatoms. The fraction of sp³-hybridized carbons (Fsp3) is 0.250. The van der Waals surface area contributed by atoms with Gasteiger partial charge in [-0.2, -0.15) is 0 Å². The lowest BCUT2D eigenvalue weighted by atomic mass is 10.2. The van der Waals surface area contributed by atoms with Crippen LogP contribution < -0.4 is 10.6 Å². The maximum atomic E-state index is 12.1. The van der Waals surface area contributed by atoms with Crippen molar-refractivity contribution >= 4 is 56.9 Å². The molecule has 7 nitrogen and oxygen atoms in total. The van der Waals surface area contributed by atoms with E-state index in [1.54, 1.807) is 39.0 Å². The predicted octanol–water partition coefficient (Wildman–Crippen LogP) is 5.25. The van der Waals surface area contributed by atoms with E-state index in [2.05, 4.69) is 26.6 Å². The summed E-state index contributed by atoms with van der Waals surface area (Å²) in [5.74, 6) is -1.20. The van der Waals surface area contributed by atoms with E-state index in [0.717, 1.165) is 4.47 Å². The van der Waals surface area contributed by atoms with Crippen molar-refractivity contribution in [1.29, 1.82) is 0 Å². The van der Waals surface area contributed by atoms with Crippen LogP contribution in [-0.4, -0.2) is 30.2 Å². The monoisotopic (exact) mass is 482 g/mol. The first-order chi connectivity index (χ1) is 13.5. The zero-order valence-electron chi connectivity index (χ0n) is 16.0. The second-order valence-electron chi connectivity index (χ2n) is 6.95. The molecule has 0 saturated heterocycles. The minimum Gasteiger partial charge on any atom is -0.452 e. The molecule has 0 unspecified atom stereocenters. The van der Waals surface area contributed by atoms with Crippen LogP contribution in [-0.2, 0) is 14.3 Å². The van der Waals surface area contributed by atoms with Gasteiger partial charge < -0.3 is 14.8 Å². The molecule has 0 spiro atoms. The van der Waals surface area contributed by atoms with Gasteiger partial charge in [0.05, 0.1) is 16.3 Å². The summed E-state index contributed by atoms with van der Waals surface area (Å²) in [5.41, 5.74) is 0.482. The molecular formula is C20H20BrClN2O5. The van der Waals surface area contributed by atoms with Crippen LogP contribution in [0.2, 0.25) is 5.02 Å². The van der Waals surface area contributed by atoms with Crippen molar-refractivity contribution < 1.29 is 23.9 Å². The number of carbonyl (C=O) groups excluding carboxylic acids is 3. The van der Waals surface area contributed by atoms with E-state index in [-0.39, 0.29) is 5.56 Å². The van der Waals surface area contributed by atoms with Crippen LogP contribution in [0.5, 0.6) is 0 Å². The number of rotatable bonds is 5. The van der Waals surface area contributed by atoms with E-state index in [0.29, 0.717) is 16.4 Å². The molecule has 0 bridgehead atoms. The number of anilines is 2. The Morgan fingerprint density at radius 3 is 2.28 bits per heavy atom. The maximum absolute atomic E-state index is 12.1. The third-order valence-electron chi connectivity index (χ3n) is 3.31. The third-order valence-corrected chi connectivity index (χ3v) is 4.11. The van der Waals surface area contributed by atoms with Crippen LogP contribution in [0.25, 0.3) is 0 Å². The van der Waals surface area contributed by atoms with Gasteiger partial charge in [0.1, 0.15) is 5.60 Å². The lowest BCUT2D eigenvalue weighted by molar-refractivity contribution is -0.119. The molecule has 2 rings (SSSR count). The zero-order valence-corrected chi connectivity index (χ0v) is 18.4. The molecule has 154 valence electrons. The molecule has 0 atom stereocenters. The number of hydrogen-bond donors (Lipinski definition) is 2. The molecule has 0 saturated carbocycles. The van der Waals surface area contributed by atoms with Crippen LogP contribution in [0.1, 0.15) is 31.1 Å². The van der Waals surface area contributed by atoms with Crippen molar-refractivity contribution in [1.82, 2.24) is 0 Å². The number of esters is 1. The van der Waals surface area contributed by atoms with Crippen molar-refractivity contribution in [3.8, 4) is 0 Å². The number of benzene rings is 2. The fourth-order valence-corrected chi connectivity index (χ4v) is 2.82. The quantitative estimate of drug-likeness (QED) is 0.567. The van der Waals surface area contributed by atoms with Gasteiger partial charge in [-0.1, -0.05) is 27.5 Å². The lowest BCUT2D eigenvalue weighted by Gasteiger charge is -2.19. The Hall–Kier alpha value is -2.58. The van der Waals surface area contributed by atoms with Crippen molar-refractivity contribution in [3.63, 3.8) is 0 Å². The molecule has 0 aliphatic rings.